The van der Waals surface area contributed by atoms with Gasteiger partial charge in [0.25, 0.3) is 0 Å². The second-order valence-corrected chi connectivity index (χ2v) is 13.0. The normalized spacial score (nSPS) is 13.3. The highest BCUT2D eigenvalue weighted by Gasteiger charge is 2.23. The highest BCUT2D eigenvalue weighted by atomic mass is 32.2. The molecule has 4 aromatic carbocycles. The van der Waals surface area contributed by atoms with E-state index in [0.29, 0.717) is 17.2 Å². The average molecular weight is 606 g/mol. The van der Waals surface area contributed by atoms with E-state index in [1.54, 1.807) is 48.5 Å². The van der Waals surface area contributed by atoms with Crippen LogP contribution in [0.25, 0.3) is 0 Å². The number of hydrogen-bond donors (Lipinski definition) is 4. The van der Waals surface area contributed by atoms with Crippen LogP contribution in [-0.2, 0) is 15.3 Å². The SMILES string of the molecule is Cc1ccc(S(=O)(=O)c2ccc(NCC(O)COc3ccc(C(C)(C)c4ccc(OCC(O)CO)cc4)cc3)cc2)cc1. The summed E-state index contributed by atoms with van der Waals surface area (Å²) in [6.45, 7) is 6.14. The number of benzene rings is 4. The summed E-state index contributed by atoms with van der Waals surface area (Å²) < 4.78 is 37.0. The zero-order valence-electron chi connectivity index (χ0n) is 24.6. The Balaban J connectivity index is 1.26. The average Bonchev–Trinajstić information content (AvgIpc) is 3.02. The topological polar surface area (TPSA) is 125 Å². The molecule has 228 valence electrons. The molecule has 0 saturated heterocycles. The van der Waals surface area contributed by atoms with Crippen molar-refractivity contribution in [3.63, 3.8) is 0 Å². The second-order valence-electron chi connectivity index (χ2n) is 11.0. The zero-order valence-corrected chi connectivity index (χ0v) is 25.4. The first kappa shape index (κ1) is 32.0. The third kappa shape index (κ3) is 8.36. The van der Waals surface area contributed by atoms with E-state index >= 15 is 0 Å². The largest absolute Gasteiger partial charge is 0.491 e. The van der Waals surface area contributed by atoms with Gasteiger partial charge in [-0.1, -0.05) is 55.8 Å². The third-order valence-corrected chi connectivity index (χ3v) is 9.07. The predicted octanol–water partition coefficient (Wildman–Crippen LogP) is 4.74. The Kier molecular flexibility index (Phi) is 10.5. The third-order valence-electron chi connectivity index (χ3n) is 7.29. The van der Waals surface area contributed by atoms with Crippen LogP contribution in [0.2, 0.25) is 0 Å². The van der Waals surface area contributed by atoms with E-state index in [4.69, 9.17) is 14.6 Å². The Morgan fingerprint density at radius 2 is 1.14 bits per heavy atom. The van der Waals surface area contributed by atoms with Crippen LogP contribution in [0.3, 0.4) is 0 Å². The molecular weight excluding hydrogens is 566 g/mol. The van der Waals surface area contributed by atoms with Crippen LogP contribution in [0.4, 0.5) is 5.69 Å². The van der Waals surface area contributed by atoms with Crippen molar-refractivity contribution >= 4 is 15.5 Å². The molecule has 4 aromatic rings. The van der Waals surface area contributed by atoms with Gasteiger partial charge in [-0.3, -0.25) is 0 Å². The van der Waals surface area contributed by atoms with Crippen molar-refractivity contribution in [2.75, 3.05) is 31.7 Å². The number of nitrogens with one attached hydrogen (secondary N) is 1. The van der Waals surface area contributed by atoms with E-state index in [1.165, 1.54) is 0 Å². The number of aliphatic hydroxyl groups is 3. The molecule has 0 bridgehead atoms. The number of aliphatic hydroxyl groups excluding tert-OH is 3. The van der Waals surface area contributed by atoms with Gasteiger partial charge in [0.1, 0.15) is 36.9 Å². The maximum atomic E-state index is 12.9. The highest BCUT2D eigenvalue weighted by molar-refractivity contribution is 7.91. The Hall–Kier alpha value is -3.89. The van der Waals surface area contributed by atoms with Crippen LogP contribution in [0.5, 0.6) is 11.5 Å². The number of sulfone groups is 1. The lowest BCUT2D eigenvalue weighted by molar-refractivity contribution is 0.0536. The quantitative estimate of drug-likeness (QED) is 0.163. The van der Waals surface area contributed by atoms with Crippen LogP contribution < -0.4 is 14.8 Å². The van der Waals surface area contributed by atoms with Gasteiger partial charge in [0.05, 0.1) is 16.4 Å². The lowest BCUT2D eigenvalue weighted by Crippen LogP contribution is -2.26. The molecule has 43 heavy (non-hydrogen) atoms. The molecule has 0 aliphatic heterocycles. The van der Waals surface area contributed by atoms with Crippen molar-refractivity contribution in [3.05, 3.63) is 114 Å². The predicted molar refractivity (Wildman–Crippen MR) is 167 cm³/mol. The second kappa shape index (κ2) is 14.1. The van der Waals surface area contributed by atoms with Crippen LogP contribution in [-0.4, -0.2) is 62.3 Å². The number of ether oxygens (including phenoxy) is 2. The van der Waals surface area contributed by atoms with Crippen LogP contribution in [0.1, 0.15) is 30.5 Å². The summed E-state index contributed by atoms with van der Waals surface area (Å²) in [5.74, 6) is 1.25. The number of hydrogen-bond acceptors (Lipinski definition) is 8. The first-order valence-electron chi connectivity index (χ1n) is 14.1. The lowest BCUT2D eigenvalue weighted by atomic mass is 9.78. The summed E-state index contributed by atoms with van der Waals surface area (Å²) >= 11 is 0. The molecule has 2 unspecified atom stereocenters. The molecule has 4 N–H and O–H groups in total. The van der Waals surface area contributed by atoms with E-state index < -0.39 is 22.0 Å². The molecule has 0 aromatic heterocycles. The van der Waals surface area contributed by atoms with Gasteiger partial charge in [0.15, 0.2) is 0 Å². The maximum Gasteiger partial charge on any atom is 0.206 e. The van der Waals surface area contributed by atoms with E-state index in [2.05, 4.69) is 19.2 Å². The zero-order chi connectivity index (χ0) is 31.0. The standard InChI is InChI=1S/C34H39NO7S/c1-24-4-16-32(17-5-24)43(39,40)33-18-10-27(11-19-33)35-20-28(37)22-41-30-12-6-25(7-13-30)34(2,3)26-8-14-31(15-9-26)42-23-29(38)21-36/h4-19,28-29,35-38H,20-23H2,1-3H3. The lowest BCUT2D eigenvalue weighted by Gasteiger charge is -2.26. The molecule has 0 amide bonds. The molecule has 2 atom stereocenters. The fraction of sp³-hybridized carbons (Fsp3) is 0.294. The summed E-state index contributed by atoms with van der Waals surface area (Å²) in [5.41, 5.74) is 3.56. The molecule has 0 heterocycles. The van der Waals surface area contributed by atoms with Gasteiger partial charge in [0.2, 0.25) is 9.84 Å². The fourth-order valence-electron chi connectivity index (χ4n) is 4.44. The molecule has 0 spiro atoms. The van der Waals surface area contributed by atoms with Crippen molar-refractivity contribution < 1.29 is 33.2 Å². The smallest absolute Gasteiger partial charge is 0.206 e. The van der Waals surface area contributed by atoms with Gasteiger partial charge in [-0.05, 0) is 78.7 Å². The summed E-state index contributed by atoms with van der Waals surface area (Å²) in [7, 11) is -3.60. The molecular formula is C34H39NO7S. The number of anilines is 1. The summed E-state index contributed by atoms with van der Waals surface area (Å²) in [6, 6.07) is 28.6. The van der Waals surface area contributed by atoms with Gasteiger partial charge in [-0.2, -0.15) is 0 Å². The van der Waals surface area contributed by atoms with Gasteiger partial charge >= 0.3 is 0 Å². The van der Waals surface area contributed by atoms with Crippen LogP contribution >= 0.6 is 0 Å². The Labute approximate surface area is 253 Å². The van der Waals surface area contributed by atoms with Gasteiger partial charge < -0.3 is 30.1 Å². The fourth-order valence-corrected chi connectivity index (χ4v) is 5.70. The maximum absolute atomic E-state index is 12.9. The minimum Gasteiger partial charge on any atom is -0.491 e. The first-order valence-corrected chi connectivity index (χ1v) is 15.6. The first-order chi connectivity index (χ1) is 20.5. The summed E-state index contributed by atoms with van der Waals surface area (Å²) in [6.07, 6.45) is -1.70. The van der Waals surface area contributed by atoms with Crippen LogP contribution in [0, 0.1) is 6.92 Å². The van der Waals surface area contributed by atoms with Crippen molar-refractivity contribution in [3.8, 4) is 11.5 Å². The molecule has 4 rings (SSSR count). The minimum atomic E-state index is -3.60. The van der Waals surface area contributed by atoms with Crippen molar-refractivity contribution in [2.45, 2.75) is 48.2 Å². The molecule has 0 radical (unpaired) electrons. The highest BCUT2D eigenvalue weighted by Crippen LogP contribution is 2.33. The summed E-state index contributed by atoms with van der Waals surface area (Å²) in [4.78, 5) is 0.457. The Bertz CT molecular complexity index is 1550. The molecule has 8 nitrogen and oxygen atoms in total. The van der Waals surface area contributed by atoms with Crippen molar-refractivity contribution in [2.24, 2.45) is 0 Å². The Morgan fingerprint density at radius 3 is 1.60 bits per heavy atom. The number of rotatable bonds is 14. The van der Waals surface area contributed by atoms with Crippen molar-refractivity contribution in [1.29, 1.82) is 0 Å². The molecule has 9 heteroatoms. The molecule has 0 saturated carbocycles. The monoisotopic (exact) mass is 605 g/mol. The van der Waals surface area contributed by atoms with E-state index in [-0.39, 0.29) is 41.6 Å². The van der Waals surface area contributed by atoms with Crippen molar-refractivity contribution in [1.82, 2.24) is 0 Å². The van der Waals surface area contributed by atoms with Gasteiger partial charge in [0, 0.05) is 17.6 Å². The van der Waals surface area contributed by atoms with E-state index in [1.807, 2.05) is 55.5 Å². The van der Waals surface area contributed by atoms with E-state index in [0.717, 1.165) is 16.7 Å². The molecule has 0 aliphatic rings. The van der Waals surface area contributed by atoms with Crippen LogP contribution in [0.15, 0.2) is 107 Å². The van der Waals surface area contributed by atoms with Gasteiger partial charge in [-0.15, -0.1) is 0 Å². The number of aryl methyl sites for hydroxylation is 1. The minimum absolute atomic E-state index is 0.0277. The summed E-state index contributed by atoms with van der Waals surface area (Å²) in [5, 5.41) is 32.0. The molecule has 0 fully saturated rings. The molecule has 0 aliphatic carbocycles. The van der Waals surface area contributed by atoms with Gasteiger partial charge in [-0.25, -0.2) is 8.42 Å². The Morgan fingerprint density at radius 1 is 0.698 bits per heavy atom. The van der Waals surface area contributed by atoms with E-state index in [9.17, 15) is 18.6 Å².